The Morgan fingerprint density at radius 2 is 1.92 bits per heavy atom. The maximum absolute atomic E-state index is 13.5. The molecule has 0 bridgehead atoms. The lowest BCUT2D eigenvalue weighted by atomic mass is 9.96. The van der Waals surface area contributed by atoms with Gasteiger partial charge >= 0.3 is 0 Å². The second kappa shape index (κ2) is 10.3. The number of fused-ring (bicyclic) bond motifs is 2. The predicted octanol–water partition coefficient (Wildman–Crippen LogP) is 7.19. The Morgan fingerprint density at radius 1 is 1.14 bits per heavy atom. The average Bonchev–Trinajstić information content (AvgIpc) is 3.51. The highest BCUT2D eigenvalue weighted by Crippen LogP contribution is 2.40. The van der Waals surface area contributed by atoms with E-state index in [1.807, 2.05) is 51.2 Å². The Balaban J connectivity index is 1.41. The Bertz CT molecular complexity index is 1610. The van der Waals surface area contributed by atoms with Gasteiger partial charge in [0, 0.05) is 51.8 Å². The van der Waals surface area contributed by atoms with Crippen LogP contribution in [0.4, 0.5) is 4.39 Å². The van der Waals surface area contributed by atoms with Gasteiger partial charge in [-0.15, -0.1) is 0 Å². The molecule has 0 radical (unpaired) electrons. The van der Waals surface area contributed by atoms with Crippen molar-refractivity contribution in [2.45, 2.75) is 27.2 Å². The summed E-state index contributed by atoms with van der Waals surface area (Å²) in [6.07, 6.45) is 6.01. The molecule has 188 valence electrons. The van der Waals surface area contributed by atoms with Crippen LogP contribution in [-0.2, 0) is 11.2 Å². The highest BCUT2D eigenvalue weighted by atomic mass is 19.1. The highest BCUT2D eigenvalue weighted by molar-refractivity contribution is 6.01. The Kier molecular flexibility index (Phi) is 6.82. The first-order chi connectivity index (χ1) is 18.0. The van der Waals surface area contributed by atoms with Crippen LogP contribution in [0.25, 0.3) is 38.6 Å². The number of aromatic amines is 1. The maximum atomic E-state index is 13.5. The van der Waals surface area contributed by atoms with Crippen LogP contribution in [-0.4, -0.2) is 24.0 Å². The number of carbonyl (C=O) groups excluding carboxylic acids is 1. The van der Waals surface area contributed by atoms with E-state index in [-0.39, 0.29) is 11.7 Å². The summed E-state index contributed by atoms with van der Waals surface area (Å²) < 4.78 is 25.4. The first-order valence-electron chi connectivity index (χ1n) is 12.4. The minimum atomic E-state index is -0.290. The fourth-order valence-corrected chi connectivity index (χ4v) is 4.78. The number of aryl methyl sites for hydroxylation is 1. The molecule has 0 unspecified atom stereocenters. The lowest BCUT2D eigenvalue weighted by molar-refractivity contribution is -0.116. The van der Waals surface area contributed by atoms with Gasteiger partial charge < -0.3 is 19.5 Å². The van der Waals surface area contributed by atoms with Crippen LogP contribution in [0.5, 0.6) is 5.75 Å². The van der Waals surface area contributed by atoms with Gasteiger partial charge in [-0.25, -0.2) is 4.39 Å². The minimum Gasteiger partial charge on any atom is -0.493 e. The second-order valence-corrected chi connectivity index (χ2v) is 9.07. The number of allylic oxidation sites excluding steroid dienone is 1. The summed E-state index contributed by atoms with van der Waals surface area (Å²) in [5.41, 5.74) is 7.15. The molecule has 3 aromatic carbocycles. The molecule has 0 saturated heterocycles. The highest BCUT2D eigenvalue weighted by Gasteiger charge is 2.19. The number of carbonyl (C=O) groups is 1. The van der Waals surface area contributed by atoms with E-state index in [4.69, 9.17) is 9.15 Å². The number of furan rings is 1. The SMILES string of the molecule is CCOc1c(/C(C)=C/C(=O)NCCc2c[nH]c3ccccc23)cc2c(-c3ccc(F)cc3)coc2c1C. The van der Waals surface area contributed by atoms with E-state index >= 15 is 0 Å². The molecule has 6 heteroatoms. The summed E-state index contributed by atoms with van der Waals surface area (Å²) in [6, 6.07) is 16.5. The lowest BCUT2D eigenvalue weighted by Gasteiger charge is -2.15. The fourth-order valence-electron chi connectivity index (χ4n) is 4.78. The lowest BCUT2D eigenvalue weighted by Crippen LogP contribution is -2.23. The zero-order valence-corrected chi connectivity index (χ0v) is 21.2. The summed E-state index contributed by atoms with van der Waals surface area (Å²) in [6.45, 7) is 6.78. The fraction of sp³-hybridized carbons (Fsp3) is 0.194. The van der Waals surface area contributed by atoms with E-state index in [0.717, 1.165) is 45.2 Å². The smallest absolute Gasteiger partial charge is 0.244 e. The normalized spacial score (nSPS) is 11.8. The molecule has 0 spiro atoms. The largest absolute Gasteiger partial charge is 0.493 e. The number of aromatic nitrogens is 1. The van der Waals surface area contributed by atoms with Gasteiger partial charge in [0.1, 0.15) is 17.1 Å². The zero-order chi connectivity index (χ0) is 25.9. The Labute approximate surface area is 214 Å². The molecule has 2 N–H and O–H groups in total. The molecule has 5 nitrogen and oxygen atoms in total. The van der Waals surface area contributed by atoms with E-state index in [1.165, 1.54) is 23.1 Å². The number of ether oxygens (including phenoxy) is 1. The van der Waals surface area contributed by atoms with Crippen LogP contribution in [0.15, 0.2) is 77.6 Å². The third-order valence-electron chi connectivity index (χ3n) is 6.63. The number of rotatable bonds is 8. The van der Waals surface area contributed by atoms with Gasteiger partial charge in [-0.1, -0.05) is 30.3 Å². The van der Waals surface area contributed by atoms with Gasteiger partial charge in [-0.05, 0) is 68.2 Å². The number of benzene rings is 3. The van der Waals surface area contributed by atoms with Crippen LogP contribution < -0.4 is 10.1 Å². The zero-order valence-electron chi connectivity index (χ0n) is 21.2. The van der Waals surface area contributed by atoms with Crippen molar-refractivity contribution in [1.29, 1.82) is 0 Å². The van der Waals surface area contributed by atoms with E-state index in [0.29, 0.717) is 24.5 Å². The monoisotopic (exact) mass is 496 g/mol. The third kappa shape index (κ3) is 4.87. The quantitative estimate of drug-likeness (QED) is 0.223. The number of H-pyrrole nitrogens is 1. The molecule has 37 heavy (non-hydrogen) atoms. The molecular weight excluding hydrogens is 467 g/mol. The van der Waals surface area contributed by atoms with Gasteiger partial charge in [0.05, 0.1) is 12.9 Å². The molecular formula is C31H29FN2O3. The van der Waals surface area contributed by atoms with Gasteiger partial charge in [0.15, 0.2) is 0 Å². The molecule has 0 saturated carbocycles. The predicted molar refractivity (Wildman–Crippen MR) is 146 cm³/mol. The second-order valence-electron chi connectivity index (χ2n) is 9.07. The van der Waals surface area contributed by atoms with Crippen molar-refractivity contribution in [3.63, 3.8) is 0 Å². The molecule has 0 aliphatic carbocycles. The Morgan fingerprint density at radius 3 is 2.70 bits per heavy atom. The van der Waals surface area contributed by atoms with Crippen LogP contribution >= 0.6 is 0 Å². The van der Waals surface area contributed by atoms with Crippen molar-refractivity contribution >= 4 is 33.4 Å². The molecule has 0 fully saturated rings. The van der Waals surface area contributed by atoms with E-state index in [1.54, 1.807) is 24.5 Å². The number of halogens is 1. The van der Waals surface area contributed by atoms with Crippen LogP contribution in [0.3, 0.4) is 0 Å². The van der Waals surface area contributed by atoms with Crippen molar-refractivity contribution in [2.75, 3.05) is 13.2 Å². The average molecular weight is 497 g/mol. The van der Waals surface area contributed by atoms with Crippen molar-refractivity contribution < 1.29 is 18.3 Å². The summed E-state index contributed by atoms with van der Waals surface area (Å²) in [5, 5.41) is 5.06. The topological polar surface area (TPSA) is 67.3 Å². The number of nitrogens with one attached hydrogen (secondary N) is 2. The molecule has 5 rings (SSSR count). The standard InChI is InChI=1S/C31H29FN2O3/c1-4-36-30-20(3)31-26(27(18-37-31)21-9-11-23(32)12-10-21)16-25(30)19(2)15-29(35)33-14-13-22-17-34-28-8-6-5-7-24(22)28/h5-12,15-18,34H,4,13-14H2,1-3H3,(H,33,35)/b19-15+. The van der Waals surface area contributed by atoms with Crippen molar-refractivity contribution in [3.8, 4) is 16.9 Å². The molecule has 5 aromatic rings. The van der Waals surface area contributed by atoms with Crippen LogP contribution in [0, 0.1) is 12.7 Å². The van der Waals surface area contributed by atoms with E-state index in [2.05, 4.69) is 16.4 Å². The van der Waals surface area contributed by atoms with Crippen molar-refractivity contribution in [1.82, 2.24) is 10.3 Å². The Hall–Kier alpha value is -4.32. The molecule has 2 heterocycles. The number of para-hydroxylation sites is 1. The molecule has 1 amide bonds. The molecule has 0 aliphatic heterocycles. The summed E-state index contributed by atoms with van der Waals surface area (Å²) in [7, 11) is 0. The van der Waals surface area contributed by atoms with Gasteiger partial charge in [0.2, 0.25) is 5.91 Å². The maximum Gasteiger partial charge on any atom is 0.244 e. The third-order valence-corrected chi connectivity index (χ3v) is 6.63. The van der Waals surface area contributed by atoms with Gasteiger partial charge in [0.25, 0.3) is 0 Å². The number of hydrogen-bond acceptors (Lipinski definition) is 3. The minimum absolute atomic E-state index is 0.163. The number of amides is 1. The van der Waals surface area contributed by atoms with Crippen molar-refractivity contribution in [3.05, 3.63) is 95.6 Å². The summed E-state index contributed by atoms with van der Waals surface area (Å²) in [4.78, 5) is 16.1. The molecule has 2 aromatic heterocycles. The van der Waals surface area contributed by atoms with E-state index in [9.17, 15) is 9.18 Å². The summed E-state index contributed by atoms with van der Waals surface area (Å²) >= 11 is 0. The molecule has 0 atom stereocenters. The van der Waals surface area contributed by atoms with Gasteiger partial charge in [-0.2, -0.15) is 0 Å². The number of hydrogen-bond donors (Lipinski definition) is 2. The first kappa shape index (κ1) is 24.4. The summed E-state index contributed by atoms with van der Waals surface area (Å²) in [5.74, 6) is 0.236. The van der Waals surface area contributed by atoms with Gasteiger partial charge in [-0.3, -0.25) is 4.79 Å². The molecule has 0 aliphatic rings. The van der Waals surface area contributed by atoms with E-state index < -0.39 is 0 Å². The van der Waals surface area contributed by atoms with Crippen LogP contribution in [0.2, 0.25) is 0 Å². The van der Waals surface area contributed by atoms with Crippen LogP contribution in [0.1, 0.15) is 30.5 Å². The van der Waals surface area contributed by atoms with Crippen molar-refractivity contribution in [2.24, 2.45) is 0 Å². The first-order valence-corrected chi connectivity index (χ1v) is 12.4.